The Morgan fingerprint density at radius 2 is 1.87 bits per heavy atom. The van der Waals surface area contributed by atoms with Crippen LogP contribution < -0.4 is 0 Å². The maximum atomic E-state index is 12.6. The van der Waals surface area contributed by atoms with Crippen LogP contribution in [0, 0.1) is 0 Å². The summed E-state index contributed by atoms with van der Waals surface area (Å²) in [6.07, 6.45) is 6.18. The van der Waals surface area contributed by atoms with Gasteiger partial charge in [0.2, 0.25) is 5.91 Å². The first-order valence-electron chi connectivity index (χ1n) is 10.6. The Hall–Kier alpha value is -3.16. The van der Waals surface area contributed by atoms with Gasteiger partial charge in [0.1, 0.15) is 11.3 Å². The second kappa shape index (κ2) is 9.76. The number of hydrogen-bond acceptors (Lipinski definition) is 5. The number of piperidine rings is 1. The molecule has 31 heavy (non-hydrogen) atoms. The Labute approximate surface area is 183 Å². The van der Waals surface area contributed by atoms with Crippen molar-refractivity contribution in [1.82, 2.24) is 24.8 Å². The van der Waals surface area contributed by atoms with Crippen molar-refractivity contribution in [1.29, 1.82) is 0 Å². The maximum Gasteiger partial charge on any atom is 0.410 e. The van der Waals surface area contributed by atoms with Gasteiger partial charge in [0, 0.05) is 32.3 Å². The summed E-state index contributed by atoms with van der Waals surface area (Å²) in [5.41, 5.74) is 1.27. The molecule has 0 atom stereocenters. The number of nitrogens with zero attached hydrogens (tertiary/aromatic N) is 5. The zero-order valence-corrected chi connectivity index (χ0v) is 18.7. The van der Waals surface area contributed by atoms with Crippen LogP contribution in [0.3, 0.4) is 0 Å². The van der Waals surface area contributed by atoms with E-state index < -0.39 is 5.60 Å². The summed E-state index contributed by atoms with van der Waals surface area (Å²) >= 11 is 0. The topological polar surface area (TPSA) is 80.6 Å². The Morgan fingerprint density at radius 3 is 2.52 bits per heavy atom. The minimum absolute atomic E-state index is 0.0876. The zero-order chi connectivity index (χ0) is 22.4. The average Bonchev–Trinajstić information content (AvgIpc) is 3.18. The first kappa shape index (κ1) is 22.5. The number of hydrogen-bond donors (Lipinski definition) is 0. The molecule has 1 saturated heterocycles. The van der Waals surface area contributed by atoms with Crippen LogP contribution in [0.1, 0.15) is 44.9 Å². The van der Waals surface area contributed by atoms with Gasteiger partial charge >= 0.3 is 6.09 Å². The second-order valence-electron chi connectivity index (χ2n) is 8.81. The van der Waals surface area contributed by atoms with Gasteiger partial charge in [-0.05, 0) is 45.3 Å². The number of benzene rings is 1. The molecule has 1 aliphatic heterocycles. The molecular weight excluding hydrogens is 394 g/mol. The highest BCUT2D eigenvalue weighted by Gasteiger charge is 2.29. The monoisotopic (exact) mass is 425 g/mol. The largest absolute Gasteiger partial charge is 0.444 e. The fraction of sp³-hybridized carbons (Fsp3) is 0.478. The number of aromatic nitrogens is 3. The number of likely N-dealkylation sites (tertiary alicyclic amines) is 1. The molecular formula is C23H31N5O3. The summed E-state index contributed by atoms with van der Waals surface area (Å²) in [5.74, 6) is -0.0895. The normalized spacial score (nSPS) is 15.3. The minimum Gasteiger partial charge on any atom is -0.444 e. The lowest BCUT2D eigenvalue weighted by molar-refractivity contribution is -0.127. The molecule has 0 radical (unpaired) electrons. The van der Waals surface area contributed by atoms with Gasteiger partial charge in [-0.3, -0.25) is 4.79 Å². The molecule has 0 aliphatic carbocycles. The molecule has 8 nitrogen and oxygen atoms in total. The van der Waals surface area contributed by atoms with Gasteiger partial charge in [-0.1, -0.05) is 35.5 Å². The number of likely N-dealkylation sites (N-methyl/N-ethyl adjacent to an activating group) is 1. The predicted octanol–water partition coefficient (Wildman–Crippen LogP) is 3.20. The summed E-state index contributed by atoms with van der Waals surface area (Å²) in [6.45, 7) is 7.36. The highest BCUT2D eigenvalue weighted by molar-refractivity contribution is 5.91. The number of carbonyl (C=O) groups excluding carboxylic acids is 2. The quantitative estimate of drug-likeness (QED) is 0.687. The molecule has 1 aromatic heterocycles. The fourth-order valence-electron chi connectivity index (χ4n) is 3.45. The molecule has 0 saturated carbocycles. The number of ether oxygens (including phenoxy) is 1. The van der Waals surface area contributed by atoms with Gasteiger partial charge in [-0.15, -0.1) is 5.10 Å². The average molecular weight is 426 g/mol. The molecule has 1 fully saturated rings. The second-order valence-corrected chi connectivity index (χ2v) is 8.81. The molecule has 0 spiro atoms. The molecule has 2 aromatic rings. The lowest BCUT2D eigenvalue weighted by atomic mass is 10.0. The molecule has 0 unspecified atom stereocenters. The van der Waals surface area contributed by atoms with E-state index in [1.165, 1.54) is 6.08 Å². The van der Waals surface area contributed by atoms with E-state index in [4.69, 9.17) is 4.74 Å². The van der Waals surface area contributed by atoms with E-state index in [0.717, 1.165) is 18.4 Å². The van der Waals surface area contributed by atoms with Gasteiger partial charge in [0.15, 0.2) is 0 Å². The van der Waals surface area contributed by atoms with Crippen molar-refractivity contribution < 1.29 is 14.3 Å². The summed E-state index contributed by atoms with van der Waals surface area (Å²) in [7, 11) is 1.80. The van der Waals surface area contributed by atoms with Crippen molar-refractivity contribution in [2.75, 3.05) is 20.1 Å². The summed E-state index contributed by atoms with van der Waals surface area (Å²) in [5, 5.41) is 8.23. The Balaban J connectivity index is 1.49. The van der Waals surface area contributed by atoms with Gasteiger partial charge in [-0.2, -0.15) is 0 Å². The molecule has 1 aliphatic rings. The minimum atomic E-state index is -0.506. The van der Waals surface area contributed by atoms with Crippen LogP contribution in [0.2, 0.25) is 0 Å². The van der Waals surface area contributed by atoms with Crippen LogP contribution >= 0.6 is 0 Å². The third-order valence-corrected chi connectivity index (χ3v) is 5.15. The first-order valence-corrected chi connectivity index (χ1v) is 10.6. The molecule has 166 valence electrons. The lowest BCUT2D eigenvalue weighted by Gasteiger charge is -2.37. The molecule has 1 aromatic carbocycles. The van der Waals surface area contributed by atoms with Gasteiger partial charge in [0.05, 0.1) is 12.7 Å². The number of carbonyl (C=O) groups is 2. The molecule has 0 bridgehead atoms. The van der Waals surface area contributed by atoms with Crippen LogP contribution in [0.4, 0.5) is 4.79 Å². The third kappa shape index (κ3) is 6.67. The van der Waals surface area contributed by atoms with Crippen LogP contribution in [-0.2, 0) is 16.1 Å². The third-order valence-electron chi connectivity index (χ3n) is 5.15. The molecule has 3 rings (SSSR count). The molecule has 0 N–H and O–H groups in total. The van der Waals surface area contributed by atoms with Crippen LogP contribution in [0.15, 0.2) is 42.6 Å². The van der Waals surface area contributed by atoms with Crippen molar-refractivity contribution in [3.63, 3.8) is 0 Å². The van der Waals surface area contributed by atoms with E-state index >= 15 is 0 Å². The van der Waals surface area contributed by atoms with Crippen molar-refractivity contribution in [2.45, 2.75) is 51.8 Å². The van der Waals surface area contributed by atoms with E-state index in [-0.39, 0.29) is 18.0 Å². The van der Waals surface area contributed by atoms with Gasteiger partial charge in [-0.25, -0.2) is 9.48 Å². The lowest BCUT2D eigenvalue weighted by Crippen LogP contribution is -2.48. The van der Waals surface area contributed by atoms with E-state index in [0.29, 0.717) is 25.3 Å². The van der Waals surface area contributed by atoms with E-state index in [2.05, 4.69) is 10.3 Å². The van der Waals surface area contributed by atoms with E-state index in [1.54, 1.807) is 27.6 Å². The van der Waals surface area contributed by atoms with Crippen LogP contribution in [0.25, 0.3) is 6.08 Å². The Morgan fingerprint density at radius 1 is 1.19 bits per heavy atom. The van der Waals surface area contributed by atoms with E-state index in [9.17, 15) is 9.59 Å². The smallest absolute Gasteiger partial charge is 0.410 e. The predicted molar refractivity (Wildman–Crippen MR) is 118 cm³/mol. The van der Waals surface area contributed by atoms with Crippen molar-refractivity contribution in [3.05, 3.63) is 53.9 Å². The van der Waals surface area contributed by atoms with E-state index in [1.807, 2.05) is 57.3 Å². The fourth-order valence-corrected chi connectivity index (χ4v) is 3.45. The highest BCUT2D eigenvalue weighted by atomic mass is 16.6. The summed E-state index contributed by atoms with van der Waals surface area (Å²) in [4.78, 5) is 28.2. The highest BCUT2D eigenvalue weighted by Crippen LogP contribution is 2.19. The number of rotatable bonds is 5. The van der Waals surface area contributed by atoms with Gasteiger partial charge in [0.25, 0.3) is 0 Å². The first-order chi connectivity index (χ1) is 14.7. The Kier molecular flexibility index (Phi) is 7.09. The SMILES string of the molecule is CN(C(=O)/C=C/c1cn(Cc2ccccc2)nn1)C1CCN(C(=O)OC(C)(C)C)CC1. The van der Waals surface area contributed by atoms with Crippen LogP contribution in [-0.4, -0.2) is 68.6 Å². The summed E-state index contributed by atoms with van der Waals surface area (Å²) < 4.78 is 7.17. The molecule has 2 amide bonds. The van der Waals surface area contributed by atoms with Crippen molar-refractivity contribution >= 4 is 18.1 Å². The maximum absolute atomic E-state index is 12.6. The standard InChI is InChI=1S/C23H31N5O3/c1-23(2,3)31-22(30)27-14-12-20(13-15-27)26(4)21(29)11-10-19-17-28(25-24-19)16-18-8-6-5-7-9-18/h5-11,17,20H,12-16H2,1-4H3/b11-10+. The molecule has 8 heteroatoms. The van der Waals surface area contributed by atoms with Crippen LogP contribution in [0.5, 0.6) is 0 Å². The van der Waals surface area contributed by atoms with Crippen molar-refractivity contribution in [3.8, 4) is 0 Å². The Bertz CT molecular complexity index is 909. The number of amides is 2. The van der Waals surface area contributed by atoms with Gasteiger partial charge < -0.3 is 14.5 Å². The zero-order valence-electron chi connectivity index (χ0n) is 18.7. The summed E-state index contributed by atoms with van der Waals surface area (Å²) in [6, 6.07) is 10.1. The van der Waals surface area contributed by atoms with Crippen molar-refractivity contribution in [2.24, 2.45) is 0 Å². The molecule has 2 heterocycles.